The molecule has 2 rings (SSSR count). The quantitative estimate of drug-likeness (QED) is 0.928. The summed E-state index contributed by atoms with van der Waals surface area (Å²) in [4.78, 5) is 4.42. The lowest BCUT2D eigenvalue weighted by molar-refractivity contribution is 0.630. The number of hydrogen-bond donors (Lipinski definition) is 1. The number of benzene rings is 1. The zero-order chi connectivity index (χ0) is 12.3. The van der Waals surface area contributed by atoms with Crippen molar-refractivity contribution >= 4 is 27.3 Å². The molecule has 1 N–H and O–H groups in total. The smallest absolute Gasteiger partial charge is 0.132 e. The Balaban J connectivity index is 2.27. The van der Waals surface area contributed by atoms with Gasteiger partial charge in [-0.25, -0.2) is 9.37 Å². The number of halogens is 2. The SMILES string of the molecule is CCNCc1nc(-c2cc(Br)ccc2F)cs1. The average Bonchev–Trinajstić information content (AvgIpc) is 2.78. The summed E-state index contributed by atoms with van der Waals surface area (Å²) in [5.74, 6) is -0.242. The first-order valence-electron chi connectivity index (χ1n) is 5.31. The zero-order valence-electron chi connectivity index (χ0n) is 9.34. The van der Waals surface area contributed by atoms with E-state index in [1.165, 1.54) is 6.07 Å². The van der Waals surface area contributed by atoms with Gasteiger partial charge in [-0.3, -0.25) is 0 Å². The van der Waals surface area contributed by atoms with Crippen LogP contribution in [0.4, 0.5) is 4.39 Å². The molecule has 17 heavy (non-hydrogen) atoms. The molecule has 0 radical (unpaired) electrons. The minimum Gasteiger partial charge on any atom is -0.311 e. The normalized spacial score (nSPS) is 10.8. The Morgan fingerprint density at radius 1 is 1.47 bits per heavy atom. The van der Waals surface area contributed by atoms with Crippen LogP contribution in [0, 0.1) is 5.82 Å². The predicted molar refractivity (Wildman–Crippen MR) is 72.6 cm³/mol. The van der Waals surface area contributed by atoms with Crippen LogP contribution in [0.2, 0.25) is 0 Å². The Morgan fingerprint density at radius 3 is 3.06 bits per heavy atom. The summed E-state index contributed by atoms with van der Waals surface area (Å²) in [5, 5.41) is 6.06. The number of nitrogens with one attached hydrogen (secondary N) is 1. The van der Waals surface area contributed by atoms with E-state index in [-0.39, 0.29) is 5.82 Å². The van der Waals surface area contributed by atoms with Crippen molar-refractivity contribution < 1.29 is 4.39 Å². The Morgan fingerprint density at radius 2 is 2.29 bits per heavy atom. The lowest BCUT2D eigenvalue weighted by Gasteiger charge is -2.00. The van der Waals surface area contributed by atoms with E-state index in [1.54, 1.807) is 23.5 Å². The van der Waals surface area contributed by atoms with E-state index >= 15 is 0 Å². The van der Waals surface area contributed by atoms with E-state index in [0.29, 0.717) is 11.3 Å². The Hall–Kier alpha value is -0.780. The molecule has 0 fully saturated rings. The number of thiazole rings is 1. The largest absolute Gasteiger partial charge is 0.311 e. The van der Waals surface area contributed by atoms with Crippen molar-refractivity contribution in [2.24, 2.45) is 0 Å². The summed E-state index contributed by atoms with van der Waals surface area (Å²) in [6, 6.07) is 4.88. The van der Waals surface area contributed by atoms with Crippen molar-refractivity contribution in [3.63, 3.8) is 0 Å². The van der Waals surface area contributed by atoms with Crippen LogP contribution < -0.4 is 5.32 Å². The molecular formula is C12H12BrFN2S. The highest BCUT2D eigenvalue weighted by molar-refractivity contribution is 9.10. The highest BCUT2D eigenvalue weighted by Gasteiger charge is 2.09. The molecule has 1 heterocycles. The Bertz CT molecular complexity index is 513. The topological polar surface area (TPSA) is 24.9 Å². The molecule has 0 saturated carbocycles. The van der Waals surface area contributed by atoms with Gasteiger partial charge in [-0.2, -0.15) is 0 Å². The molecule has 0 aliphatic rings. The Kier molecular flexibility index (Phi) is 4.25. The van der Waals surface area contributed by atoms with E-state index in [2.05, 4.69) is 26.2 Å². The molecule has 0 bridgehead atoms. The number of nitrogens with zero attached hydrogens (tertiary/aromatic N) is 1. The Labute approximate surface area is 112 Å². The van der Waals surface area contributed by atoms with Crippen molar-refractivity contribution in [1.29, 1.82) is 0 Å². The van der Waals surface area contributed by atoms with E-state index in [9.17, 15) is 4.39 Å². The van der Waals surface area contributed by atoms with Gasteiger partial charge in [0.05, 0.1) is 5.69 Å². The molecule has 0 unspecified atom stereocenters. The van der Waals surface area contributed by atoms with Gasteiger partial charge < -0.3 is 5.32 Å². The fraction of sp³-hybridized carbons (Fsp3) is 0.250. The van der Waals surface area contributed by atoms with Crippen molar-refractivity contribution in [2.45, 2.75) is 13.5 Å². The lowest BCUT2D eigenvalue weighted by Crippen LogP contribution is -2.11. The minimum absolute atomic E-state index is 0.242. The van der Waals surface area contributed by atoms with Gasteiger partial charge in [-0.05, 0) is 24.7 Å². The zero-order valence-corrected chi connectivity index (χ0v) is 11.7. The number of rotatable bonds is 4. The summed E-state index contributed by atoms with van der Waals surface area (Å²) in [6.45, 7) is 3.68. The molecule has 0 amide bonds. The maximum atomic E-state index is 13.6. The van der Waals surface area contributed by atoms with Crippen molar-refractivity contribution in [3.05, 3.63) is 38.9 Å². The molecule has 2 aromatic rings. The summed E-state index contributed by atoms with van der Waals surface area (Å²) >= 11 is 4.88. The van der Waals surface area contributed by atoms with Crippen molar-refractivity contribution in [2.75, 3.05) is 6.54 Å². The molecule has 2 nitrogen and oxygen atoms in total. The van der Waals surface area contributed by atoms with Crippen LogP contribution in [0.25, 0.3) is 11.3 Å². The highest BCUT2D eigenvalue weighted by atomic mass is 79.9. The maximum absolute atomic E-state index is 13.6. The van der Waals surface area contributed by atoms with E-state index in [4.69, 9.17) is 0 Å². The highest BCUT2D eigenvalue weighted by Crippen LogP contribution is 2.27. The molecule has 0 spiro atoms. The minimum atomic E-state index is -0.242. The second-order valence-electron chi connectivity index (χ2n) is 3.53. The maximum Gasteiger partial charge on any atom is 0.132 e. The third kappa shape index (κ3) is 3.12. The molecule has 0 aliphatic carbocycles. The fourth-order valence-corrected chi connectivity index (χ4v) is 2.57. The van der Waals surface area contributed by atoms with Crippen molar-refractivity contribution in [1.82, 2.24) is 10.3 Å². The summed E-state index contributed by atoms with van der Waals surface area (Å²) in [6.07, 6.45) is 0. The predicted octanol–water partition coefficient (Wildman–Crippen LogP) is 3.82. The third-order valence-corrected chi connectivity index (χ3v) is 3.62. The van der Waals surface area contributed by atoms with Crippen LogP contribution in [0.1, 0.15) is 11.9 Å². The van der Waals surface area contributed by atoms with Crippen LogP contribution in [-0.4, -0.2) is 11.5 Å². The average molecular weight is 315 g/mol. The third-order valence-electron chi connectivity index (χ3n) is 2.28. The van der Waals surface area contributed by atoms with Crippen LogP contribution in [0.3, 0.4) is 0 Å². The number of aromatic nitrogens is 1. The molecule has 1 aromatic heterocycles. The van der Waals surface area contributed by atoms with Gasteiger partial charge in [-0.15, -0.1) is 11.3 Å². The first-order chi connectivity index (χ1) is 8.20. The molecule has 5 heteroatoms. The van der Waals surface area contributed by atoms with Crippen molar-refractivity contribution in [3.8, 4) is 11.3 Å². The van der Waals surface area contributed by atoms with E-state index < -0.39 is 0 Å². The standard InChI is InChI=1S/C12H12BrFN2S/c1-2-15-6-12-16-11(7-17-12)9-5-8(13)3-4-10(9)14/h3-5,7,15H,2,6H2,1H3. The second kappa shape index (κ2) is 5.71. The second-order valence-corrected chi connectivity index (χ2v) is 5.39. The number of hydrogen-bond acceptors (Lipinski definition) is 3. The molecular weight excluding hydrogens is 303 g/mol. The fourth-order valence-electron chi connectivity index (χ4n) is 1.44. The van der Waals surface area contributed by atoms with E-state index in [1.807, 2.05) is 12.3 Å². The molecule has 0 saturated heterocycles. The van der Waals surface area contributed by atoms with Crippen LogP contribution in [0.15, 0.2) is 28.1 Å². The summed E-state index contributed by atoms with van der Waals surface area (Å²) < 4.78 is 14.5. The molecule has 0 atom stereocenters. The van der Waals surface area contributed by atoms with Crippen LogP contribution in [0.5, 0.6) is 0 Å². The van der Waals surface area contributed by atoms with Gasteiger partial charge in [0.25, 0.3) is 0 Å². The molecule has 90 valence electrons. The van der Waals surface area contributed by atoms with Gasteiger partial charge in [0, 0.05) is 22.0 Å². The first kappa shape index (κ1) is 12.7. The lowest BCUT2D eigenvalue weighted by atomic mass is 10.1. The van der Waals surface area contributed by atoms with Gasteiger partial charge >= 0.3 is 0 Å². The molecule has 1 aromatic carbocycles. The van der Waals surface area contributed by atoms with Crippen LogP contribution >= 0.6 is 27.3 Å². The summed E-state index contributed by atoms with van der Waals surface area (Å²) in [5.41, 5.74) is 1.24. The molecule has 0 aliphatic heterocycles. The van der Waals surface area contributed by atoms with Gasteiger partial charge in [0.1, 0.15) is 10.8 Å². The van der Waals surface area contributed by atoms with Crippen LogP contribution in [-0.2, 0) is 6.54 Å². The van der Waals surface area contributed by atoms with Gasteiger partial charge in [0.2, 0.25) is 0 Å². The first-order valence-corrected chi connectivity index (χ1v) is 6.98. The van der Waals surface area contributed by atoms with Gasteiger partial charge in [0.15, 0.2) is 0 Å². The monoisotopic (exact) mass is 314 g/mol. The van der Waals surface area contributed by atoms with E-state index in [0.717, 1.165) is 22.6 Å². The summed E-state index contributed by atoms with van der Waals surface area (Å²) in [7, 11) is 0. The van der Waals surface area contributed by atoms with Gasteiger partial charge in [-0.1, -0.05) is 22.9 Å².